The number of hydrogen-bond donors (Lipinski definition) is 3. The van der Waals surface area contributed by atoms with Gasteiger partial charge in [0.1, 0.15) is 11.6 Å². The molecule has 0 aliphatic rings. The number of carbonyl (C=O) groups excluding carboxylic acids is 2. The van der Waals surface area contributed by atoms with Gasteiger partial charge in [0.15, 0.2) is 5.69 Å². The molecule has 36 heavy (non-hydrogen) atoms. The number of aromatic amines is 1. The van der Waals surface area contributed by atoms with Crippen LogP contribution in [0.15, 0.2) is 68.8 Å². The van der Waals surface area contributed by atoms with E-state index in [2.05, 4.69) is 10.3 Å². The van der Waals surface area contributed by atoms with E-state index in [1.165, 1.54) is 27.9 Å². The fraction of sp³-hybridized carbons (Fsp3) is 0.308. The van der Waals surface area contributed by atoms with E-state index in [1.54, 1.807) is 12.1 Å². The molecule has 190 valence electrons. The predicted octanol–water partition coefficient (Wildman–Crippen LogP) is 2.36. The normalized spacial score (nSPS) is 11.2. The zero-order valence-electron chi connectivity index (χ0n) is 20.4. The smallest absolute Gasteiger partial charge is 0.330 e. The summed E-state index contributed by atoms with van der Waals surface area (Å²) in [6.07, 6.45) is 4.87. The highest BCUT2D eigenvalue weighted by Crippen LogP contribution is 2.20. The van der Waals surface area contributed by atoms with E-state index in [0.717, 1.165) is 5.56 Å². The van der Waals surface area contributed by atoms with Gasteiger partial charge in [0.2, 0.25) is 11.8 Å². The van der Waals surface area contributed by atoms with Gasteiger partial charge in [0.05, 0.1) is 12.8 Å². The standard InChI is InChI=1S/C26H31N5O5/c1-18(2)13-15-30(22(33)12-14-28-21(32)11-10-20-9-6-16-36-20)23-24(27)31(26(35)29-25(23)34)17-19-7-4-3-5-8-19/h3-11,16,18H,12-15,17,27H2,1-2H3,(H,28,32)(H,29,34,35)/b11-10+. The molecule has 0 atom stereocenters. The van der Waals surface area contributed by atoms with Crippen molar-refractivity contribution in [1.29, 1.82) is 0 Å². The van der Waals surface area contributed by atoms with E-state index in [4.69, 9.17) is 10.2 Å². The van der Waals surface area contributed by atoms with E-state index >= 15 is 0 Å². The number of nitrogens with two attached hydrogens (primary N) is 1. The van der Waals surface area contributed by atoms with Crippen molar-refractivity contribution in [3.8, 4) is 0 Å². The highest BCUT2D eigenvalue weighted by molar-refractivity contribution is 5.96. The largest absolute Gasteiger partial charge is 0.465 e. The molecule has 0 bridgehead atoms. The topological polar surface area (TPSA) is 143 Å². The Balaban J connectivity index is 1.79. The molecule has 3 rings (SSSR count). The summed E-state index contributed by atoms with van der Waals surface area (Å²) in [4.78, 5) is 54.2. The van der Waals surface area contributed by atoms with Crippen molar-refractivity contribution in [3.05, 3.63) is 87.0 Å². The number of nitrogen functional groups attached to an aromatic ring is 1. The number of rotatable bonds is 11. The maximum absolute atomic E-state index is 13.2. The third-order valence-electron chi connectivity index (χ3n) is 5.48. The van der Waals surface area contributed by atoms with Crippen LogP contribution in [0.4, 0.5) is 11.5 Å². The van der Waals surface area contributed by atoms with E-state index in [-0.39, 0.29) is 49.4 Å². The Labute approximate surface area is 208 Å². The van der Waals surface area contributed by atoms with Crippen LogP contribution < -0.4 is 27.2 Å². The van der Waals surface area contributed by atoms with Gasteiger partial charge in [0.25, 0.3) is 5.56 Å². The lowest BCUT2D eigenvalue weighted by Crippen LogP contribution is -2.42. The van der Waals surface area contributed by atoms with Gasteiger partial charge in [-0.3, -0.25) is 23.9 Å². The zero-order valence-corrected chi connectivity index (χ0v) is 20.4. The minimum Gasteiger partial charge on any atom is -0.465 e. The van der Waals surface area contributed by atoms with Crippen molar-refractivity contribution in [2.75, 3.05) is 23.7 Å². The number of furan rings is 1. The molecule has 2 amide bonds. The summed E-state index contributed by atoms with van der Waals surface area (Å²) in [5.41, 5.74) is 5.66. The van der Waals surface area contributed by atoms with Crippen molar-refractivity contribution >= 4 is 29.4 Å². The van der Waals surface area contributed by atoms with Gasteiger partial charge in [-0.2, -0.15) is 0 Å². The van der Waals surface area contributed by atoms with Crippen LogP contribution in [0.3, 0.4) is 0 Å². The summed E-state index contributed by atoms with van der Waals surface area (Å²) in [6.45, 7) is 4.43. The molecule has 2 aromatic heterocycles. The third kappa shape index (κ3) is 7.08. The average Bonchev–Trinajstić information content (AvgIpc) is 3.36. The molecule has 0 saturated heterocycles. The van der Waals surface area contributed by atoms with Gasteiger partial charge in [-0.25, -0.2) is 4.79 Å². The summed E-state index contributed by atoms with van der Waals surface area (Å²) in [5, 5.41) is 2.64. The highest BCUT2D eigenvalue weighted by atomic mass is 16.3. The number of carbonyl (C=O) groups is 2. The number of aromatic nitrogens is 2. The minimum absolute atomic E-state index is 0.0554. The molecule has 10 heteroatoms. The lowest BCUT2D eigenvalue weighted by molar-refractivity contribution is -0.119. The van der Waals surface area contributed by atoms with E-state index in [9.17, 15) is 19.2 Å². The first-order valence-electron chi connectivity index (χ1n) is 11.7. The van der Waals surface area contributed by atoms with Crippen LogP contribution in [0.1, 0.15) is 38.0 Å². The molecule has 3 aromatic rings. The maximum Gasteiger partial charge on any atom is 0.330 e. The molecule has 0 unspecified atom stereocenters. The quantitative estimate of drug-likeness (QED) is 0.350. The average molecular weight is 494 g/mol. The zero-order chi connectivity index (χ0) is 26.1. The minimum atomic E-state index is -0.732. The van der Waals surface area contributed by atoms with Crippen molar-refractivity contribution < 1.29 is 14.0 Å². The van der Waals surface area contributed by atoms with E-state index in [1.807, 2.05) is 44.2 Å². The van der Waals surface area contributed by atoms with Gasteiger partial charge in [0, 0.05) is 25.6 Å². The Hall–Kier alpha value is -4.34. The number of nitrogens with one attached hydrogen (secondary N) is 2. The molecule has 4 N–H and O–H groups in total. The summed E-state index contributed by atoms with van der Waals surface area (Å²) in [7, 11) is 0. The van der Waals surface area contributed by atoms with Crippen molar-refractivity contribution in [1.82, 2.24) is 14.9 Å². The summed E-state index contributed by atoms with van der Waals surface area (Å²) in [5.74, 6) is -0.0893. The predicted molar refractivity (Wildman–Crippen MR) is 138 cm³/mol. The van der Waals surface area contributed by atoms with E-state index in [0.29, 0.717) is 12.2 Å². The summed E-state index contributed by atoms with van der Waals surface area (Å²) < 4.78 is 6.37. The van der Waals surface area contributed by atoms with E-state index < -0.39 is 17.2 Å². The summed E-state index contributed by atoms with van der Waals surface area (Å²) in [6, 6.07) is 12.6. The van der Waals surface area contributed by atoms with Crippen molar-refractivity contribution in [2.45, 2.75) is 33.2 Å². The van der Waals surface area contributed by atoms with Crippen LogP contribution in [-0.2, 0) is 16.1 Å². The number of hydrogen-bond acceptors (Lipinski definition) is 6. The molecular formula is C26H31N5O5. The van der Waals surface area contributed by atoms with Crippen molar-refractivity contribution in [3.63, 3.8) is 0 Å². The lowest BCUT2D eigenvalue weighted by atomic mass is 10.1. The molecule has 0 aliphatic heterocycles. The fourth-order valence-electron chi connectivity index (χ4n) is 3.54. The first-order valence-corrected chi connectivity index (χ1v) is 11.7. The van der Waals surface area contributed by atoms with Gasteiger partial charge in [-0.1, -0.05) is 44.2 Å². The molecular weight excluding hydrogens is 462 g/mol. The van der Waals surface area contributed by atoms with Crippen LogP contribution in [0.25, 0.3) is 6.08 Å². The molecule has 0 saturated carbocycles. The Bertz CT molecular complexity index is 1310. The molecule has 0 fully saturated rings. The van der Waals surface area contributed by atoms with Crippen LogP contribution in [0.5, 0.6) is 0 Å². The molecule has 10 nitrogen and oxygen atoms in total. The monoisotopic (exact) mass is 493 g/mol. The highest BCUT2D eigenvalue weighted by Gasteiger charge is 2.24. The Morgan fingerprint density at radius 3 is 2.58 bits per heavy atom. The van der Waals surface area contributed by atoms with Crippen molar-refractivity contribution in [2.24, 2.45) is 5.92 Å². The Morgan fingerprint density at radius 1 is 1.17 bits per heavy atom. The number of nitrogens with zero attached hydrogens (tertiary/aromatic N) is 2. The first kappa shape index (κ1) is 26.3. The molecule has 2 heterocycles. The number of H-pyrrole nitrogens is 1. The number of anilines is 2. The first-order chi connectivity index (χ1) is 17.3. The number of benzene rings is 1. The van der Waals surface area contributed by atoms with Crippen LogP contribution in [0.2, 0.25) is 0 Å². The second-order valence-electron chi connectivity index (χ2n) is 8.68. The van der Waals surface area contributed by atoms with Crippen LogP contribution in [0, 0.1) is 5.92 Å². The maximum atomic E-state index is 13.2. The van der Waals surface area contributed by atoms with Gasteiger partial charge in [-0.15, -0.1) is 0 Å². The Morgan fingerprint density at radius 2 is 1.92 bits per heavy atom. The molecule has 0 spiro atoms. The van der Waals surface area contributed by atoms with Gasteiger partial charge < -0.3 is 20.4 Å². The SMILES string of the molecule is CC(C)CCN(C(=O)CCNC(=O)/C=C/c1ccco1)c1c(N)n(Cc2ccccc2)c(=O)[nH]c1=O. The Kier molecular flexibility index (Phi) is 9.04. The second-order valence-corrected chi connectivity index (χ2v) is 8.68. The van der Waals surface area contributed by atoms with Gasteiger partial charge >= 0.3 is 5.69 Å². The lowest BCUT2D eigenvalue weighted by Gasteiger charge is -2.25. The van der Waals surface area contributed by atoms with Crippen LogP contribution in [-0.4, -0.2) is 34.5 Å². The number of amides is 2. The fourth-order valence-corrected chi connectivity index (χ4v) is 3.54. The molecule has 0 aliphatic carbocycles. The van der Waals surface area contributed by atoms with Gasteiger partial charge in [-0.05, 0) is 36.1 Å². The van der Waals surface area contributed by atoms with Crippen LogP contribution >= 0.6 is 0 Å². The molecule has 1 aromatic carbocycles. The third-order valence-corrected chi connectivity index (χ3v) is 5.48. The summed E-state index contributed by atoms with van der Waals surface area (Å²) >= 11 is 0. The second kappa shape index (κ2) is 12.4. The molecule has 0 radical (unpaired) electrons.